The average Bonchev–Trinajstić information content (AvgIpc) is 2.64. The zero-order chi connectivity index (χ0) is 19.6. The molecule has 140 valence electrons. The second-order valence-electron chi connectivity index (χ2n) is 5.71. The maximum atomic E-state index is 13.7. The van der Waals surface area contributed by atoms with E-state index in [2.05, 4.69) is 10.3 Å². The highest BCUT2D eigenvalue weighted by Gasteiger charge is 2.37. The lowest BCUT2D eigenvalue weighted by molar-refractivity contribution is -0.136. The number of fused-ring (bicyclic) bond motifs is 1. The van der Waals surface area contributed by atoms with Crippen molar-refractivity contribution in [3.8, 4) is 5.75 Å². The average molecular weight is 378 g/mol. The van der Waals surface area contributed by atoms with Gasteiger partial charge in [-0.1, -0.05) is 24.3 Å². The number of methoxy groups -OCH3 is 1. The molecule has 3 aromatic rings. The van der Waals surface area contributed by atoms with Gasteiger partial charge in [0.25, 0.3) is 5.91 Å². The zero-order valence-corrected chi connectivity index (χ0v) is 14.1. The highest BCUT2D eigenvalue weighted by atomic mass is 19.4. The highest BCUT2D eigenvalue weighted by molar-refractivity contribution is 6.00. The molecule has 0 unspecified atom stereocenters. The van der Waals surface area contributed by atoms with Gasteiger partial charge in [-0.3, -0.25) is 9.78 Å². The Kier molecular flexibility index (Phi) is 4.98. The lowest BCUT2D eigenvalue weighted by Gasteiger charge is -2.15. The van der Waals surface area contributed by atoms with Gasteiger partial charge in [0.1, 0.15) is 0 Å². The fraction of sp³-hybridized carbons (Fsp3) is 0.158. The smallest absolute Gasteiger partial charge is 0.417 e. The molecule has 0 saturated carbocycles. The number of benzene rings is 2. The van der Waals surface area contributed by atoms with E-state index in [1.54, 1.807) is 6.07 Å². The minimum absolute atomic E-state index is 0.0307. The van der Waals surface area contributed by atoms with Crippen LogP contribution >= 0.6 is 0 Å². The van der Waals surface area contributed by atoms with Gasteiger partial charge in [-0.05, 0) is 23.8 Å². The minimum Gasteiger partial charge on any atom is -0.494 e. The van der Waals surface area contributed by atoms with E-state index in [0.29, 0.717) is 5.56 Å². The van der Waals surface area contributed by atoms with Crippen molar-refractivity contribution in [2.24, 2.45) is 0 Å². The molecule has 2 aromatic carbocycles. The largest absolute Gasteiger partial charge is 0.494 e. The van der Waals surface area contributed by atoms with Gasteiger partial charge in [0.15, 0.2) is 11.6 Å². The summed E-state index contributed by atoms with van der Waals surface area (Å²) >= 11 is 0. The lowest BCUT2D eigenvalue weighted by Crippen LogP contribution is -2.26. The maximum absolute atomic E-state index is 13.7. The summed E-state index contributed by atoms with van der Waals surface area (Å²) in [6, 6.07) is 9.73. The van der Waals surface area contributed by atoms with Gasteiger partial charge >= 0.3 is 6.18 Å². The third-order valence-electron chi connectivity index (χ3n) is 3.97. The van der Waals surface area contributed by atoms with Gasteiger partial charge in [-0.2, -0.15) is 13.2 Å². The van der Waals surface area contributed by atoms with E-state index in [1.807, 2.05) is 0 Å². The van der Waals surface area contributed by atoms with Crippen molar-refractivity contribution in [3.05, 3.63) is 71.2 Å². The monoisotopic (exact) mass is 378 g/mol. The van der Waals surface area contributed by atoms with Crippen LogP contribution in [0, 0.1) is 5.82 Å². The Balaban J connectivity index is 1.91. The van der Waals surface area contributed by atoms with Crippen LogP contribution in [0.2, 0.25) is 0 Å². The molecule has 0 aliphatic heterocycles. The summed E-state index contributed by atoms with van der Waals surface area (Å²) in [5.74, 6) is -1.55. The summed E-state index contributed by atoms with van der Waals surface area (Å²) < 4.78 is 59.2. The fourth-order valence-electron chi connectivity index (χ4n) is 2.72. The summed E-state index contributed by atoms with van der Waals surface area (Å²) in [4.78, 5) is 16.3. The molecule has 27 heavy (non-hydrogen) atoms. The molecule has 1 amide bonds. The fourth-order valence-corrected chi connectivity index (χ4v) is 2.72. The van der Waals surface area contributed by atoms with E-state index in [9.17, 15) is 22.4 Å². The molecule has 1 heterocycles. The first-order valence-corrected chi connectivity index (χ1v) is 7.87. The molecule has 0 fully saturated rings. The number of halogens is 4. The third kappa shape index (κ3) is 3.84. The molecule has 3 rings (SSSR count). The number of carbonyl (C=O) groups is 1. The molecule has 0 radical (unpaired) electrons. The van der Waals surface area contributed by atoms with Crippen LogP contribution in [-0.4, -0.2) is 18.0 Å². The SMILES string of the molecule is COc1ccc(CNC(=O)c2cnc3ccccc3c2C(F)(F)F)cc1F. The van der Waals surface area contributed by atoms with Crippen LogP contribution in [0.5, 0.6) is 5.75 Å². The van der Waals surface area contributed by atoms with Crippen LogP contribution in [0.4, 0.5) is 17.6 Å². The van der Waals surface area contributed by atoms with E-state index in [4.69, 9.17) is 4.74 Å². The first kappa shape index (κ1) is 18.6. The summed E-state index contributed by atoms with van der Waals surface area (Å²) in [5, 5.41) is 2.21. The summed E-state index contributed by atoms with van der Waals surface area (Å²) in [7, 11) is 1.31. The molecule has 0 aliphatic rings. The Morgan fingerprint density at radius 1 is 1.19 bits per heavy atom. The number of hydrogen-bond acceptors (Lipinski definition) is 3. The predicted molar refractivity (Wildman–Crippen MR) is 90.9 cm³/mol. The quantitative estimate of drug-likeness (QED) is 0.688. The number of carbonyl (C=O) groups excluding carboxylic acids is 1. The van der Waals surface area contributed by atoms with Crippen LogP contribution < -0.4 is 10.1 Å². The van der Waals surface area contributed by atoms with E-state index < -0.39 is 29.0 Å². The van der Waals surface area contributed by atoms with Crippen molar-refractivity contribution in [1.29, 1.82) is 0 Å². The molecular formula is C19H14F4N2O2. The van der Waals surface area contributed by atoms with Crippen LogP contribution in [0.3, 0.4) is 0 Å². The maximum Gasteiger partial charge on any atom is 0.417 e. The van der Waals surface area contributed by atoms with Gasteiger partial charge in [0.05, 0.1) is 23.8 Å². The molecule has 1 N–H and O–H groups in total. The Labute approximate surface area is 151 Å². The first-order chi connectivity index (χ1) is 12.8. The number of nitrogens with zero attached hydrogens (tertiary/aromatic N) is 1. The third-order valence-corrected chi connectivity index (χ3v) is 3.97. The lowest BCUT2D eigenvalue weighted by atomic mass is 10.0. The normalized spacial score (nSPS) is 11.4. The van der Waals surface area contributed by atoms with Crippen molar-refractivity contribution in [3.63, 3.8) is 0 Å². The Morgan fingerprint density at radius 3 is 2.59 bits per heavy atom. The molecular weight excluding hydrogens is 364 g/mol. The number of alkyl halides is 3. The number of aromatic nitrogens is 1. The number of amides is 1. The molecule has 4 nitrogen and oxygen atoms in total. The van der Waals surface area contributed by atoms with Crippen LogP contribution in [0.25, 0.3) is 10.9 Å². The number of hydrogen-bond donors (Lipinski definition) is 1. The molecule has 0 spiro atoms. The number of nitrogens with one attached hydrogen (secondary N) is 1. The Bertz CT molecular complexity index is 1000. The van der Waals surface area contributed by atoms with Gasteiger partial charge < -0.3 is 10.1 Å². The number of pyridine rings is 1. The molecule has 8 heteroatoms. The standard InChI is InChI=1S/C19H14F4N2O2/c1-27-16-7-6-11(8-14(16)20)9-25-18(26)13-10-24-15-5-3-2-4-12(15)17(13)19(21,22)23/h2-8,10H,9H2,1H3,(H,25,26). The van der Waals surface area contributed by atoms with Crippen molar-refractivity contribution in [2.45, 2.75) is 12.7 Å². The van der Waals surface area contributed by atoms with Crippen molar-refractivity contribution >= 4 is 16.8 Å². The topological polar surface area (TPSA) is 51.2 Å². The van der Waals surface area contributed by atoms with Gasteiger partial charge in [-0.25, -0.2) is 4.39 Å². The number of rotatable bonds is 4. The van der Waals surface area contributed by atoms with Crippen molar-refractivity contribution < 1.29 is 27.1 Å². The summed E-state index contributed by atoms with van der Waals surface area (Å²) in [5.41, 5.74) is -1.12. The van der Waals surface area contributed by atoms with E-state index in [1.165, 1.54) is 37.4 Å². The van der Waals surface area contributed by atoms with Crippen molar-refractivity contribution in [2.75, 3.05) is 7.11 Å². The molecule has 0 aliphatic carbocycles. The molecule has 0 bridgehead atoms. The summed E-state index contributed by atoms with van der Waals surface area (Å²) in [6.07, 6.45) is -3.84. The molecule has 0 saturated heterocycles. The van der Waals surface area contributed by atoms with Gasteiger partial charge in [0, 0.05) is 18.1 Å². The first-order valence-electron chi connectivity index (χ1n) is 7.87. The van der Waals surface area contributed by atoms with Crippen LogP contribution in [0.1, 0.15) is 21.5 Å². The van der Waals surface area contributed by atoms with Crippen LogP contribution in [-0.2, 0) is 12.7 Å². The van der Waals surface area contributed by atoms with E-state index >= 15 is 0 Å². The van der Waals surface area contributed by atoms with Gasteiger partial charge in [-0.15, -0.1) is 0 Å². The van der Waals surface area contributed by atoms with E-state index in [-0.39, 0.29) is 23.2 Å². The zero-order valence-electron chi connectivity index (χ0n) is 14.1. The Morgan fingerprint density at radius 2 is 1.93 bits per heavy atom. The predicted octanol–water partition coefficient (Wildman–Crippen LogP) is 4.33. The molecule has 0 atom stereocenters. The van der Waals surface area contributed by atoms with Crippen molar-refractivity contribution in [1.82, 2.24) is 10.3 Å². The number of para-hydroxylation sites is 1. The second-order valence-corrected chi connectivity index (χ2v) is 5.71. The van der Waals surface area contributed by atoms with Gasteiger partial charge in [0.2, 0.25) is 0 Å². The Hall–Kier alpha value is -3.16. The summed E-state index contributed by atoms with van der Waals surface area (Å²) in [6.45, 7) is -0.149. The minimum atomic E-state index is -4.73. The van der Waals surface area contributed by atoms with E-state index in [0.717, 1.165) is 12.3 Å². The number of ether oxygens (including phenoxy) is 1. The molecule has 1 aromatic heterocycles. The highest BCUT2D eigenvalue weighted by Crippen LogP contribution is 2.36. The second kappa shape index (κ2) is 7.22. The van der Waals surface area contributed by atoms with Crippen LogP contribution in [0.15, 0.2) is 48.7 Å².